The number of carbonyl (C=O) groups excluding carboxylic acids is 1. The molecule has 1 fully saturated rings. The predicted octanol–water partition coefficient (Wildman–Crippen LogP) is 3.42. The van der Waals surface area contributed by atoms with Gasteiger partial charge in [-0.05, 0) is 44.9 Å². The van der Waals surface area contributed by atoms with E-state index in [2.05, 4.69) is 12.1 Å². The molecule has 1 aliphatic heterocycles. The molecule has 1 heterocycles. The Kier molecular flexibility index (Phi) is 4.21. The molecule has 4 nitrogen and oxygen atoms in total. The van der Waals surface area contributed by atoms with Crippen molar-refractivity contribution in [3.8, 4) is 5.75 Å². The van der Waals surface area contributed by atoms with Crippen LogP contribution in [0.1, 0.15) is 38.7 Å². The molecule has 20 heavy (non-hydrogen) atoms. The fourth-order valence-electron chi connectivity index (χ4n) is 2.40. The molecular formula is C16H23NO3. The minimum Gasteiger partial charge on any atom is -0.497 e. The summed E-state index contributed by atoms with van der Waals surface area (Å²) < 4.78 is 10.6. The SMILES string of the molecule is COc1ccc([C@H]2CCN(C(=O)OC(C)(C)C)C2)cc1. The maximum absolute atomic E-state index is 12.0. The molecule has 1 atom stereocenters. The van der Waals surface area contributed by atoms with Crippen LogP contribution < -0.4 is 4.74 Å². The number of methoxy groups -OCH3 is 1. The van der Waals surface area contributed by atoms with Crippen molar-refractivity contribution in [2.24, 2.45) is 0 Å². The van der Waals surface area contributed by atoms with Gasteiger partial charge in [-0.1, -0.05) is 12.1 Å². The van der Waals surface area contributed by atoms with Crippen LogP contribution >= 0.6 is 0 Å². The van der Waals surface area contributed by atoms with Crippen LogP contribution in [-0.4, -0.2) is 36.8 Å². The number of benzene rings is 1. The van der Waals surface area contributed by atoms with Crippen molar-refractivity contribution in [3.63, 3.8) is 0 Å². The minimum absolute atomic E-state index is 0.214. The van der Waals surface area contributed by atoms with Crippen LogP contribution in [0.5, 0.6) is 5.75 Å². The Morgan fingerprint density at radius 1 is 1.25 bits per heavy atom. The molecule has 0 spiro atoms. The van der Waals surface area contributed by atoms with E-state index in [1.54, 1.807) is 12.0 Å². The van der Waals surface area contributed by atoms with Gasteiger partial charge in [0.05, 0.1) is 7.11 Å². The summed E-state index contributed by atoms with van der Waals surface area (Å²) in [5.74, 6) is 1.24. The molecule has 1 aromatic rings. The molecule has 0 N–H and O–H groups in total. The summed E-state index contributed by atoms with van der Waals surface area (Å²) in [6.07, 6.45) is 0.763. The zero-order valence-corrected chi connectivity index (χ0v) is 12.7. The van der Waals surface area contributed by atoms with E-state index in [0.29, 0.717) is 5.92 Å². The monoisotopic (exact) mass is 277 g/mol. The highest BCUT2D eigenvalue weighted by Crippen LogP contribution is 2.29. The predicted molar refractivity (Wildman–Crippen MR) is 78.2 cm³/mol. The molecule has 0 saturated carbocycles. The van der Waals surface area contributed by atoms with E-state index in [4.69, 9.17) is 9.47 Å². The molecule has 1 amide bonds. The first-order valence-electron chi connectivity index (χ1n) is 7.01. The largest absolute Gasteiger partial charge is 0.497 e. The summed E-state index contributed by atoms with van der Waals surface area (Å²) in [6, 6.07) is 8.07. The Bertz CT molecular complexity index is 462. The lowest BCUT2D eigenvalue weighted by molar-refractivity contribution is 0.0292. The lowest BCUT2D eigenvalue weighted by atomic mass is 9.98. The van der Waals surface area contributed by atoms with Crippen LogP contribution in [0.15, 0.2) is 24.3 Å². The highest BCUT2D eigenvalue weighted by Gasteiger charge is 2.30. The molecule has 1 saturated heterocycles. The van der Waals surface area contributed by atoms with Crippen LogP contribution in [0.3, 0.4) is 0 Å². The summed E-state index contributed by atoms with van der Waals surface area (Å²) in [5.41, 5.74) is 0.812. The first-order valence-corrected chi connectivity index (χ1v) is 7.01. The Morgan fingerprint density at radius 3 is 2.45 bits per heavy atom. The van der Waals surface area contributed by atoms with Gasteiger partial charge in [-0.15, -0.1) is 0 Å². The van der Waals surface area contributed by atoms with Crippen molar-refractivity contribution < 1.29 is 14.3 Å². The molecule has 1 aromatic carbocycles. The topological polar surface area (TPSA) is 38.8 Å². The molecule has 4 heteroatoms. The van der Waals surface area contributed by atoms with Gasteiger partial charge in [-0.25, -0.2) is 4.79 Å². The maximum atomic E-state index is 12.0. The summed E-state index contributed by atoms with van der Waals surface area (Å²) in [6.45, 7) is 7.15. The number of hydrogen-bond acceptors (Lipinski definition) is 3. The second-order valence-electron chi connectivity index (χ2n) is 6.19. The van der Waals surface area contributed by atoms with Crippen LogP contribution in [-0.2, 0) is 4.74 Å². The smallest absolute Gasteiger partial charge is 0.410 e. The number of carbonyl (C=O) groups is 1. The minimum atomic E-state index is -0.435. The van der Waals surface area contributed by atoms with Crippen LogP contribution in [0.2, 0.25) is 0 Å². The first kappa shape index (κ1) is 14.7. The van der Waals surface area contributed by atoms with Gasteiger partial charge in [0.1, 0.15) is 11.4 Å². The van der Waals surface area contributed by atoms with E-state index in [0.717, 1.165) is 25.3 Å². The Balaban J connectivity index is 1.96. The van der Waals surface area contributed by atoms with Crippen molar-refractivity contribution in [1.29, 1.82) is 0 Å². The Hall–Kier alpha value is -1.71. The molecule has 0 radical (unpaired) electrons. The van der Waals surface area contributed by atoms with E-state index in [1.165, 1.54) is 5.56 Å². The van der Waals surface area contributed by atoms with Crippen molar-refractivity contribution in [2.75, 3.05) is 20.2 Å². The van der Waals surface area contributed by atoms with Gasteiger partial charge >= 0.3 is 6.09 Å². The molecule has 0 aliphatic carbocycles. The zero-order chi connectivity index (χ0) is 14.8. The third-order valence-corrected chi connectivity index (χ3v) is 3.43. The third-order valence-electron chi connectivity index (χ3n) is 3.43. The van der Waals surface area contributed by atoms with Gasteiger partial charge in [0, 0.05) is 19.0 Å². The van der Waals surface area contributed by atoms with Gasteiger partial charge in [0.15, 0.2) is 0 Å². The summed E-state index contributed by atoms with van der Waals surface area (Å²) in [4.78, 5) is 13.8. The molecule has 0 unspecified atom stereocenters. The first-order chi connectivity index (χ1) is 9.39. The second-order valence-corrected chi connectivity index (χ2v) is 6.19. The van der Waals surface area contributed by atoms with E-state index < -0.39 is 5.60 Å². The number of ether oxygens (including phenoxy) is 2. The summed E-state index contributed by atoms with van der Waals surface area (Å²) in [7, 11) is 1.66. The quantitative estimate of drug-likeness (QED) is 0.831. The van der Waals surface area contributed by atoms with Crippen molar-refractivity contribution >= 4 is 6.09 Å². The maximum Gasteiger partial charge on any atom is 0.410 e. The van der Waals surface area contributed by atoms with Gasteiger partial charge in [-0.2, -0.15) is 0 Å². The molecule has 2 rings (SSSR count). The normalized spacial score (nSPS) is 19.0. The fraction of sp³-hybridized carbons (Fsp3) is 0.562. The van der Waals surface area contributed by atoms with Gasteiger partial charge in [-0.3, -0.25) is 0 Å². The number of amides is 1. The second kappa shape index (κ2) is 5.73. The molecule has 0 bridgehead atoms. The number of hydrogen-bond donors (Lipinski definition) is 0. The number of nitrogens with zero attached hydrogens (tertiary/aromatic N) is 1. The molecular weight excluding hydrogens is 254 g/mol. The van der Waals surface area contributed by atoms with E-state index in [1.807, 2.05) is 32.9 Å². The summed E-state index contributed by atoms with van der Waals surface area (Å²) >= 11 is 0. The van der Waals surface area contributed by atoms with Crippen LogP contribution in [0, 0.1) is 0 Å². The fourth-order valence-corrected chi connectivity index (χ4v) is 2.40. The molecule has 0 aromatic heterocycles. The van der Waals surface area contributed by atoms with Gasteiger partial charge < -0.3 is 14.4 Å². The van der Waals surface area contributed by atoms with Crippen molar-refractivity contribution in [1.82, 2.24) is 4.90 Å². The standard InChI is InChI=1S/C16H23NO3/c1-16(2,3)20-15(18)17-10-9-13(11-17)12-5-7-14(19-4)8-6-12/h5-8,13H,9-11H2,1-4H3/t13-/m0/s1. The lowest BCUT2D eigenvalue weighted by Crippen LogP contribution is -2.35. The Morgan fingerprint density at radius 2 is 1.90 bits per heavy atom. The average Bonchev–Trinajstić information content (AvgIpc) is 2.86. The van der Waals surface area contributed by atoms with Crippen molar-refractivity contribution in [3.05, 3.63) is 29.8 Å². The lowest BCUT2D eigenvalue weighted by Gasteiger charge is -2.24. The van der Waals surface area contributed by atoms with Crippen molar-refractivity contribution in [2.45, 2.75) is 38.7 Å². The van der Waals surface area contributed by atoms with Gasteiger partial charge in [0.2, 0.25) is 0 Å². The van der Waals surface area contributed by atoms with E-state index >= 15 is 0 Å². The van der Waals surface area contributed by atoms with Crippen LogP contribution in [0.25, 0.3) is 0 Å². The molecule has 1 aliphatic rings. The highest BCUT2D eigenvalue weighted by molar-refractivity contribution is 5.68. The molecule has 110 valence electrons. The number of rotatable bonds is 2. The average molecular weight is 277 g/mol. The van der Waals surface area contributed by atoms with Crippen LogP contribution in [0.4, 0.5) is 4.79 Å². The highest BCUT2D eigenvalue weighted by atomic mass is 16.6. The summed E-state index contributed by atoms with van der Waals surface area (Å²) in [5, 5.41) is 0. The zero-order valence-electron chi connectivity index (χ0n) is 12.7. The number of likely N-dealkylation sites (tertiary alicyclic amines) is 1. The van der Waals surface area contributed by atoms with E-state index in [-0.39, 0.29) is 6.09 Å². The van der Waals surface area contributed by atoms with E-state index in [9.17, 15) is 4.79 Å². The Labute approximate surface area is 120 Å². The third kappa shape index (κ3) is 3.65. The van der Waals surface area contributed by atoms with Gasteiger partial charge in [0.25, 0.3) is 0 Å².